The van der Waals surface area contributed by atoms with Crippen molar-refractivity contribution >= 4 is 21.6 Å². The van der Waals surface area contributed by atoms with Crippen LogP contribution in [0.1, 0.15) is 0 Å². The molecule has 2 heterocycles. The molecule has 3 aromatic rings. The quantitative estimate of drug-likeness (QED) is 0.724. The van der Waals surface area contributed by atoms with E-state index in [9.17, 15) is 9.90 Å². The molecule has 0 aliphatic rings. The number of H-pyrrole nitrogens is 1. The Morgan fingerprint density at radius 3 is 2.94 bits per heavy atom. The molecule has 2 N–H and O–H groups in total. The van der Waals surface area contributed by atoms with Gasteiger partial charge in [0.25, 0.3) is 5.56 Å². The Morgan fingerprint density at radius 2 is 2.17 bits per heavy atom. The van der Waals surface area contributed by atoms with Gasteiger partial charge in [-0.2, -0.15) is 9.61 Å². The monoisotopic (exact) mass is 305 g/mol. The summed E-state index contributed by atoms with van der Waals surface area (Å²) < 4.78 is 2.22. The van der Waals surface area contributed by atoms with Crippen LogP contribution in [0.4, 0.5) is 0 Å². The number of nitrogens with one attached hydrogen (secondary N) is 1. The molecule has 5 nitrogen and oxygen atoms in total. The van der Waals surface area contributed by atoms with Crippen LogP contribution in [0.25, 0.3) is 16.8 Å². The second-order valence-electron chi connectivity index (χ2n) is 3.82. The van der Waals surface area contributed by atoms with E-state index in [0.717, 1.165) is 21.7 Å². The lowest BCUT2D eigenvalue weighted by atomic mass is 10.1. The SMILES string of the molecule is O=c1cc(O)n2ncc(-c3cccc(Br)c3)c2[nH]1. The molecular formula is C12H8BrN3O2. The first-order valence-corrected chi connectivity index (χ1v) is 6.00. The van der Waals surface area contributed by atoms with Gasteiger partial charge in [-0.1, -0.05) is 28.1 Å². The number of aromatic nitrogens is 3. The highest BCUT2D eigenvalue weighted by Gasteiger charge is 2.10. The van der Waals surface area contributed by atoms with Crippen LogP contribution in [0.2, 0.25) is 0 Å². The summed E-state index contributed by atoms with van der Waals surface area (Å²) in [7, 11) is 0. The van der Waals surface area contributed by atoms with Crippen LogP contribution in [0.15, 0.2) is 45.8 Å². The second-order valence-corrected chi connectivity index (χ2v) is 4.74. The Labute approximate surface area is 110 Å². The maximum Gasteiger partial charge on any atom is 0.254 e. The number of hydrogen-bond donors (Lipinski definition) is 2. The van der Waals surface area contributed by atoms with Gasteiger partial charge >= 0.3 is 0 Å². The third-order valence-electron chi connectivity index (χ3n) is 2.62. The number of fused-ring (bicyclic) bond motifs is 1. The molecule has 0 unspecified atom stereocenters. The van der Waals surface area contributed by atoms with Crippen molar-refractivity contribution < 1.29 is 5.11 Å². The number of halogens is 1. The molecule has 6 heteroatoms. The molecule has 1 aromatic carbocycles. The summed E-state index contributed by atoms with van der Waals surface area (Å²) >= 11 is 3.39. The molecule has 0 aliphatic heterocycles. The fraction of sp³-hybridized carbons (Fsp3) is 0. The number of rotatable bonds is 1. The normalized spacial score (nSPS) is 10.9. The Balaban J connectivity index is 2.34. The van der Waals surface area contributed by atoms with Gasteiger partial charge in [0.15, 0.2) is 0 Å². The third kappa shape index (κ3) is 1.70. The molecule has 3 rings (SSSR count). The molecule has 0 amide bonds. The third-order valence-corrected chi connectivity index (χ3v) is 3.12. The standard InChI is InChI=1S/C12H8BrN3O2/c13-8-3-1-2-7(4-8)9-6-14-16-11(18)5-10(17)15-12(9)16/h1-6,18H,(H,15,17). The maximum absolute atomic E-state index is 11.4. The average Bonchev–Trinajstić information content (AvgIpc) is 2.72. The number of aromatic amines is 1. The molecule has 0 saturated heterocycles. The van der Waals surface area contributed by atoms with Crippen molar-refractivity contribution in [2.45, 2.75) is 0 Å². The summed E-state index contributed by atoms with van der Waals surface area (Å²) in [5.74, 6) is -0.185. The number of aromatic hydroxyl groups is 1. The van der Waals surface area contributed by atoms with Gasteiger partial charge < -0.3 is 10.1 Å². The fourth-order valence-corrected chi connectivity index (χ4v) is 2.24. The predicted molar refractivity (Wildman–Crippen MR) is 70.6 cm³/mol. The van der Waals surface area contributed by atoms with Gasteiger partial charge in [-0.3, -0.25) is 4.79 Å². The van der Waals surface area contributed by atoms with E-state index >= 15 is 0 Å². The van der Waals surface area contributed by atoms with Gasteiger partial charge in [0, 0.05) is 10.0 Å². The van der Waals surface area contributed by atoms with E-state index in [0.29, 0.717) is 5.65 Å². The number of benzene rings is 1. The Kier molecular flexibility index (Phi) is 2.45. The van der Waals surface area contributed by atoms with Gasteiger partial charge in [0.1, 0.15) is 5.65 Å². The fourth-order valence-electron chi connectivity index (χ4n) is 1.84. The highest BCUT2D eigenvalue weighted by Crippen LogP contribution is 2.26. The molecule has 0 fully saturated rings. The molecular weight excluding hydrogens is 298 g/mol. The molecule has 2 aromatic heterocycles. The van der Waals surface area contributed by atoms with Gasteiger partial charge in [0.2, 0.25) is 5.88 Å². The van der Waals surface area contributed by atoms with Crippen molar-refractivity contribution in [1.82, 2.24) is 14.6 Å². The second kappa shape index (κ2) is 3.99. The Bertz CT molecular complexity index is 791. The van der Waals surface area contributed by atoms with Crippen LogP contribution >= 0.6 is 15.9 Å². The minimum absolute atomic E-state index is 0.185. The van der Waals surface area contributed by atoms with Crippen LogP contribution in [0, 0.1) is 0 Å². The van der Waals surface area contributed by atoms with Gasteiger partial charge in [-0.05, 0) is 17.7 Å². The summed E-state index contributed by atoms with van der Waals surface area (Å²) in [5, 5.41) is 13.7. The highest BCUT2D eigenvalue weighted by molar-refractivity contribution is 9.10. The van der Waals surface area contributed by atoms with E-state index < -0.39 is 0 Å². The predicted octanol–water partition coefficient (Wildman–Crippen LogP) is 2.16. The van der Waals surface area contributed by atoms with E-state index in [-0.39, 0.29) is 11.4 Å². The van der Waals surface area contributed by atoms with E-state index in [2.05, 4.69) is 26.0 Å². The molecule has 0 atom stereocenters. The summed E-state index contributed by atoms with van der Waals surface area (Å²) in [6.45, 7) is 0. The largest absolute Gasteiger partial charge is 0.493 e. The zero-order valence-corrected chi connectivity index (χ0v) is 10.7. The van der Waals surface area contributed by atoms with Gasteiger partial charge in [-0.15, -0.1) is 0 Å². The summed E-state index contributed by atoms with van der Waals surface area (Å²) in [6.07, 6.45) is 1.60. The minimum atomic E-state index is -0.364. The topological polar surface area (TPSA) is 70.4 Å². The first kappa shape index (κ1) is 11.0. The van der Waals surface area contributed by atoms with Crippen LogP contribution in [0.5, 0.6) is 5.88 Å². The molecule has 0 spiro atoms. The summed E-state index contributed by atoms with van der Waals surface area (Å²) in [4.78, 5) is 14.1. The van der Waals surface area contributed by atoms with Crippen LogP contribution in [-0.2, 0) is 0 Å². The minimum Gasteiger partial charge on any atom is -0.493 e. The van der Waals surface area contributed by atoms with Crippen LogP contribution < -0.4 is 5.56 Å². The Hall–Kier alpha value is -2.08. The van der Waals surface area contributed by atoms with Crippen molar-refractivity contribution in [2.75, 3.05) is 0 Å². The number of nitrogens with zero attached hydrogens (tertiary/aromatic N) is 2. The van der Waals surface area contributed by atoms with Crippen molar-refractivity contribution in [3.05, 3.63) is 51.4 Å². The Morgan fingerprint density at radius 1 is 1.33 bits per heavy atom. The summed E-state index contributed by atoms with van der Waals surface area (Å²) in [5.41, 5.74) is 1.76. The van der Waals surface area contributed by atoms with Crippen LogP contribution in [0.3, 0.4) is 0 Å². The first-order valence-electron chi connectivity index (χ1n) is 5.21. The molecule has 0 bridgehead atoms. The molecule has 0 aliphatic carbocycles. The molecule has 90 valence electrons. The lowest BCUT2D eigenvalue weighted by Gasteiger charge is -2.01. The van der Waals surface area contributed by atoms with E-state index in [1.807, 2.05) is 24.3 Å². The van der Waals surface area contributed by atoms with Gasteiger partial charge in [0.05, 0.1) is 12.3 Å². The van der Waals surface area contributed by atoms with Crippen molar-refractivity contribution in [3.8, 4) is 17.0 Å². The van der Waals surface area contributed by atoms with E-state index in [1.165, 1.54) is 4.52 Å². The van der Waals surface area contributed by atoms with E-state index in [1.54, 1.807) is 6.20 Å². The maximum atomic E-state index is 11.4. The smallest absolute Gasteiger partial charge is 0.254 e. The lowest BCUT2D eigenvalue weighted by molar-refractivity contribution is 0.434. The zero-order valence-electron chi connectivity index (χ0n) is 9.09. The molecule has 0 saturated carbocycles. The molecule has 0 radical (unpaired) electrons. The average molecular weight is 306 g/mol. The van der Waals surface area contributed by atoms with Crippen molar-refractivity contribution in [2.24, 2.45) is 0 Å². The first-order chi connectivity index (χ1) is 8.65. The summed E-state index contributed by atoms with van der Waals surface area (Å²) in [6, 6.07) is 8.72. The zero-order chi connectivity index (χ0) is 12.7. The van der Waals surface area contributed by atoms with E-state index in [4.69, 9.17) is 0 Å². The molecule has 18 heavy (non-hydrogen) atoms. The van der Waals surface area contributed by atoms with Crippen molar-refractivity contribution in [3.63, 3.8) is 0 Å². The highest BCUT2D eigenvalue weighted by atomic mass is 79.9. The van der Waals surface area contributed by atoms with Gasteiger partial charge in [-0.25, -0.2) is 0 Å². The van der Waals surface area contributed by atoms with Crippen LogP contribution in [-0.4, -0.2) is 19.7 Å². The van der Waals surface area contributed by atoms with Crippen molar-refractivity contribution in [1.29, 1.82) is 0 Å². The number of hydrogen-bond acceptors (Lipinski definition) is 3. The lowest BCUT2D eigenvalue weighted by Crippen LogP contribution is -2.07.